The maximum atomic E-state index is 10.5. The smallest absolute Gasteiger partial charge is 0.328 e. The third-order valence-corrected chi connectivity index (χ3v) is 2.88. The van der Waals surface area contributed by atoms with Crippen LogP contribution in [0.2, 0.25) is 0 Å². The van der Waals surface area contributed by atoms with Crippen LogP contribution in [0.15, 0.2) is 42.6 Å². The number of benzene rings is 1. The number of aromatic nitrogens is 1. The predicted octanol–water partition coefficient (Wildman–Crippen LogP) is 2.86. The van der Waals surface area contributed by atoms with E-state index in [1.54, 1.807) is 26.5 Å². The van der Waals surface area contributed by atoms with Crippen molar-refractivity contribution in [1.29, 1.82) is 0 Å². The number of nitrogens with zero attached hydrogens (tertiary/aromatic N) is 1. The van der Waals surface area contributed by atoms with Crippen molar-refractivity contribution < 1.29 is 19.4 Å². The average molecular weight is 285 g/mol. The van der Waals surface area contributed by atoms with Gasteiger partial charge in [-0.1, -0.05) is 6.07 Å². The molecule has 0 unspecified atom stereocenters. The number of hydrogen-bond acceptors (Lipinski definition) is 4. The van der Waals surface area contributed by atoms with Gasteiger partial charge in [0.2, 0.25) is 0 Å². The second-order valence-corrected chi connectivity index (χ2v) is 4.22. The minimum Gasteiger partial charge on any atom is -0.493 e. The molecule has 0 bridgehead atoms. The Morgan fingerprint density at radius 3 is 2.48 bits per heavy atom. The summed E-state index contributed by atoms with van der Waals surface area (Å²) < 4.78 is 10.4. The molecule has 0 aliphatic heterocycles. The molecule has 0 spiro atoms. The van der Waals surface area contributed by atoms with Gasteiger partial charge in [0, 0.05) is 17.8 Å². The lowest BCUT2D eigenvalue weighted by molar-refractivity contribution is -0.131. The fraction of sp³-hybridized carbons (Fsp3) is 0.125. The quantitative estimate of drug-likeness (QED) is 0.855. The second kappa shape index (κ2) is 6.56. The van der Waals surface area contributed by atoms with Crippen LogP contribution >= 0.6 is 0 Å². The van der Waals surface area contributed by atoms with Crippen molar-refractivity contribution in [2.45, 2.75) is 0 Å². The molecule has 1 aromatic heterocycles. The monoisotopic (exact) mass is 285 g/mol. The van der Waals surface area contributed by atoms with Crippen LogP contribution < -0.4 is 9.47 Å². The molecule has 5 heteroatoms. The lowest BCUT2D eigenvalue weighted by atomic mass is 10.1. The largest absolute Gasteiger partial charge is 0.493 e. The maximum Gasteiger partial charge on any atom is 0.328 e. The molecule has 5 nitrogen and oxygen atoms in total. The van der Waals surface area contributed by atoms with Crippen LogP contribution in [0.1, 0.15) is 5.56 Å². The first-order chi connectivity index (χ1) is 10.1. The lowest BCUT2D eigenvalue weighted by Crippen LogP contribution is -1.92. The van der Waals surface area contributed by atoms with Gasteiger partial charge in [-0.3, -0.25) is 4.98 Å². The number of carbonyl (C=O) groups is 1. The Labute approximate surface area is 122 Å². The molecule has 108 valence electrons. The third kappa shape index (κ3) is 3.60. The summed E-state index contributed by atoms with van der Waals surface area (Å²) in [4.78, 5) is 14.8. The second-order valence-electron chi connectivity index (χ2n) is 4.22. The Balaban J connectivity index is 2.28. The van der Waals surface area contributed by atoms with Crippen molar-refractivity contribution in [3.63, 3.8) is 0 Å². The van der Waals surface area contributed by atoms with Gasteiger partial charge in [-0.2, -0.15) is 0 Å². The summed E-state index contributed by atoms with van der Waals surface area (Å²) in [6.07, 6.45) is 4.19. The number of pyridine rings is 1. The van der Waals surface area contributed by atoms with E-state index in [0.29, 0.717) is 11.5 Å². The minimum atomic E-state index is -0.987. The zero-order chi connectivity index (χ0) is 15.2. The predicted molar refractivity (Wildman–Crippen MR) is 79.4 cm³/mol. The van der Waals surface area contributed by atoms with E-state index >= 15 is 0 Å². The molecular weight excluding hydrogens is 270 g/mol. The van der Waals surface area contributed by atoms with Gasteiger partial charge in [0.05, 0.1) is 19.9 Å². The van der Waals surface area contributed by atoms with Crippen LogP contribution in [-0.2, 0) is 4.79 Å². The standard InChI is InChI=1S/C16H15NO4/c1-20-14-7-5-12(9-15(14)21-2)13-6-3-11(10-17-13)4-8-16(18)19/h3-10H,1-2H3,(H,18,19). The summed E-state index contributed by atoms with van der Waals surface area (Å²) in [6.45, 7) is 0. The molecule has 0 saturated heterocycles. The van der Waals surface area contributed by atoms with Crippen LogP contribution in [-0.4, -0.2) is 30.3 Å². The van der Waals surface area contributed by atoms with Crippen LogP contribution in [0.25, 0.3) is 17.3 Å². The van der Waals surface area contributed by atoms with Gasteiger partial charge in [-0.25, -0.2) is 4.79 Å². The molecule has 0 amide bonds. The molecule has 0 radical (unpaired) electrons. The van der Waals surface area contributed by atoms with Crippen LogP contribution in [0.3, 0.4) is 0 Å². The molecule has 1 N–H and O–H groups in total. The highest BCUT2D eigenvalue weighted by atomic mass is 16.5. The van der Waals surface area contributed by atoms with Crippen LogP contribution in [0.4, 0.5) is 0 Å². The van der Waals surface area contributed by atoms with Crippen molar-refractivity contribution >= 4 is 12.0 Å². The average Bonchev–Trinajstić information content (AvgIpc) is 2.52. The number of ether oxygens (including phenoxy) is 2. The van der Waals surface area contributed by atoms with E-state index in [1.807, 2.05) is 24.3 Å². The van der Waals surface area contributed by atoms with Crippen LogP contribution in [0, 0.1) is 0 Å². The SMILES string of the molecule is COc1ccc(-c2ccc(C=CC(=O)O)cn2)cc1OC. The van der Waals surface area contributed by atoms with Gasteiger partial charge in [-0.05, 0) is 35.9 Å². The lowest BCUT2D eigenvalue weighted by Gasteiger charge is -2.09. The van der Waals surface area contributed by atoms with Gasteiger partial charge >= 0.3 is 5.97 Å². The molecule has 0 fully saturated rings. The highest BCUT2D eigenvalue weighted by molar-refractivity contribution is 5.85. The van der Waals surface area contributed by atoms with Gasteiger partial charge in [-0.15, -0.1) is 0 Å². The van der Waals surface area contributed by atoms with E-state index in [1.165, 1.54) is 6.08 Å². The Morgan fingerprint density at radius 2 is 1.90 bits per heavy atom. The van der Waals surface area contributed by atoms with E-state index in [0.717, 1.165) is 22.9 Å². The first-order valence-electron chi connectivity index (χ1n) is 6.23. The zero-order valence-electron chi connectivity index (χ0n) is 11.7. The fourth-order valence-electron chi connectivity index (χ4n) is 1.84. The van der Waals surface area contributed by atoms with Crippen molar-refractivity contribution in [3.8, 4) is 22.8 Å². The number of aliphatic carboxylic acids is 1. The van der Waals surface area contributed by atoms with Crippen LogP contribution in [0.5, 0.6) is 11.5 Å². The normalized spacial score (nSPS) is 10.6. The molecule has 2 rings (SSSR count). The molecule has 0 saturated carbocycles. The maximum absolute atomic E-state index is 10.5. The summed E-state index contributed by atoms with van der Waals surface area (Å²) in [6, 6.07) is 9.17. The number of carboxylic acid groups (broad SMARTS) is 1. The van der Waals surface area contributed by atoms with Gasteiger partial charge in [0.25, 0.3) is 0 Å². The number of hydrogen-bond donors (Lipinski definition) is 1. The van der Waals surface area contributed by atoms with Gasteiger partial charge < -0.3 is 14.6 Å². The van der Waals surface area contributed by atoms with Crippen molar-refractivity contribution in [2.24, 2.45) is 0 Å². The van der Waals surface area contributed by atoms with Gasteiger partial charge in [0.1, 0.15) is 0 Å². The highest BCUT2D eigenvalue weighted by Crippen LogP contribution is 2.31. The van der Waals surface area contributed by atoms with Crippen molar-refractivity contribution in [2.75, 3.05) is 14.2 Å². The highest BCUT2D eigenvalue weighted by Gasteiger charge is 2.06. The molecule has 1 heterocycles. The Kier molecular flexibility index (Phi) is 4.56. The van der Waals surface area contributed by atoms with E-state index in [4.69, 9.17) is 14.6 Å². The molecular formula is C16H15NO4. The molecule has 0 aliphatic carbocycles. The Hall–Kier alpha value is -2.82. The summed E-state index contributed by atoms with van der Waals surface area (Å²) in [5.74, 6) is 0.299. The van der Waals surface area contributed by atoms with E-state index in [9.17, 15) is 4.79 Å². The zero-order valence-corrected chi connectivity index (χ0v) is 11.7. The summed E-state index contributed by atoms with van der Waals surface area (Å²) in [7, 11) is 3.16. The fourth-order valence-corrected chi connectivity index (χ4v) is 1.84. The summed E-state index contributed by atoms with van der Waals surface area (Å²) >= 11 is 0. The Bertz CT molecular complexity index is 662. The molecule has 0 aliphatic rings. The Morgan fingerprint density at radius 1 is 1.14 bits per heavy atom. The molecule has 21 heavy (non-hydrogen) atoms. The molecule has 0 atom stereocenters. The van der Waals surface area contributed by atoms with E-state index < -0.39 is 5.97 Å². The van der Waals surface area contributed by atoms with Gasteiger partial charge in [0.15, 0.2) is 11.5 Å². The summed E-state index contributed by atoms with van der Waals surface area (Å²) in [5.41, 5.74) is 2.38. The molecule has 2 aromatic rings. The van der Waals surface area contributed by atoms with E-state index in [-0.39, 0.29) is 0 Å². The van der Waals surface area contributed by atoms with Crippen molar-refractivity contribution in [3.05, 3.63) is 48.2 Å². The van der Waals surface area contributed by atoms with E-state index in [2.05, 4.69) is 4.98 Å². The first kappa shape index (κ1) is 14.6. The minimum absolute atomic E-state index is 0.631. The number of methoxy groups -OCH3 is 2. The summed E-state index contributed by atoms with van der Waals surface area (Å²) in [5, 5.41) is 8.58. The third-order valence-electron chi connectivity index (χ3n) is 2.88. The molecule has 1 aromatic carbocycles. The number of carboxylic acids is 1. The topological polar surface area (TPSA) is 68.7 Å². The van der Waals surface area contributed by atoms with Crippen molar-refractivity contribution in [1.82, 2.24) is 4.98 Å². The number of rotatable bonds is 5. The first-order valence-corrected chi connectivity index (χ1v) is 6.23.